The van der Waals surface area contributed by atoms with Crippen LogP contribution in [0, 0.1) is 6.92 Å². The maximum atomic E-state index is 13.6. The molecule has 48 heavy (non-hydrogen) atoms. The Balaban J connectivity index is 1.31. The summed E-state index contributed by atoms with van der Waals surface area (Å²) in [6, 6.07) is 27.3. The molecule has 5 aromatic rings. The second kappa shape index (κ2) is 14.4. The van der Waals surface area contributed by atoms with Crippen molar-refractivity contribution in [3.05, 3.63) is 141 Å². The van der Waals surface area contributed by atoms with Crippen molar-refractivity contribution in [2.75, 3.05) is 12.0 Å². The summed E-state index contributed by atoms with van der Waals surface area (Å²) in [5, 5.41) is 20.9. The Morgan fingerprint density at radius 2 is 1.65 bits per heavy atom. The summed E-state index contributed by atoms with van der Waals surface area (Å²) in [6.07, 6.45) is 0. The van der Waals surface area contributed by atoms with Crippen LogP contribution in [0.2, 0.25) is 5.02 Å². The average molecular weight is 698 g/mol. The third-order valence-corrected chi connectivity index (χ3v) is 9.96. The molecule has 9 nitrogen and oxygen atoms in total. The van der Waals surface area contributed by atoms with Gasteiger partial charge in [0, 0.05) is 16.3 Å². The fourth-order valence-corrected chi connectivity index (χ4v) is 7.13. The highest BCUT2D eigenvalue weighted by Gasteiger charge is 2.48. The first kappa shape index (κ1) is 33.0. The number of aliphatic hydroxyl groups is 1. The van der Waals surface area contributed by atoms with Crippen molar-refractivity contribution in [1.82, 2.24) is 10.2 Å². The second-order valence-corrected chi connectivity index (χ2v) is 13.5. The number of ether oxygens (including phenoxy) is 2. The number of aromatic nitrogens is 2. The maximum absolute atomic E-state index is 13.6. The molecule has 1 aliphatic heterocycles. The molecule has 0 radical (unpaired) electrons. The number of nitrogens with zero attached hydrogens (tertiary/aromatic N) is 3. The normalized spacial score (nSPS) is 15.5. The van der Waals surface area contributed by atoms with Gasteiger partial charge in [-0.1, -0.05) is 88.8 Å². The van der Waals surface area contributed by atoms with Crippen molar-refractivity contribution in [1.29, 1.82) is 0 Å². The van der Waals surface area contributed by atoms with E-state index in [2.05, 4.69) is 10.2 Å². The van der Waals surface area contributed by atoms with Crippen LogP contribution in [0.5, 0.6) is 5.75 Å². The van der Waals surface area contributed by atoms with E-state index in [-0.39, 0.29) is 22.0 Å². The lowest BCUT2D eigenvalue weighted by Crippen LogP contribution is -2.29. The van der Waals surface area contributed by atoms with E-state index < -0.39 is 23.7 Å². The molecule has 1 aliphatic rings. The first-order valence-corrected chi connectivity index (χ1v) is 16.9. The number of Topliss-reactive ketones (excluding diaryl/α,β-unsaturated/α-hetero) is 1. The zero-order valence-electron chi connectivity index (χ0n) is 25.8. The fourth-order valence-electron chi connectivity index (χ4n) is 5.18. The summed E-state index contributed by atoms with van der Waals surface area (Å²) in [5.41, 5.74) is 4.14. The van der Waals surface area contributed by atoms with Crippen molar-refractivity contribution in [2.45, 2.75) is 29.7 Å². The monoisotopic (exact) mass is 697 g/mol. The van der Waals surface area contributed by atoms with Crippen LogP contribution in [0.4, 0.5) is 5.13 Å². The zero-order chi connectivity index (χ0) is 33.8. The summed E-state index contributed by atoms with van der Waals surface area (Å²) in [5.74, 6) is -1.46. The van der Waals surface area contributed by atoms with Gasteiger partial charge in [-0.25, -0.2) is 4.79 Å². The number of anilines is 1. The molecular formula is C36H28ClN3O6S2. The highest BCUT2D eigenvalue weighted by Crippen LogP contribution is 2.44. The van der Waals surface area contributed by atoms with E-state index in [1.165, 1.54) is 35.9 Å². The van der Waals surface area contributed by atoms with E-state index in [9.17, 15) is 19.5 Å². The third kappa shape index (κ3) is 7.13. The lowest BCUT2D eigenvalue weighted by molar-refractivity contribution is -0.132. The van der Waals surface area contributed by atoms with E-state index in [1.807, 2.05) is 43.3 Å². The Morgan fingerprint density at radius 3 is 2.33 bits per heavy atom. The van der Waals surface area contributed by atoms with Crippen LogP contribution in [-0.4, -0.2) is 40.1 Å². The molecule has 1 saturated heterocycles. The van der Waals surface area contributed by atoms with Crippen molar-refractivity contribution in [2.24, 2.45) is 0 Å². The van der Waals surface area contributed by atoms with Crippen molar-refractivity contribution < 1.29 is 29.0 Å². The number of ketones is 1. The minimum atomic E-state index is -1.05. The summed E-state index contributed by atoms with van der Waals surface area (Å²) >= 11 is 8.59. The number of amides is 1. The molecule has 1 amide bonds. The fraction of sp³-hybridized carbons (Fsp3) is 0.139. The number of methoxy groups -OCH3 is 1. The summed E-state index contributed by atoms with van der Waals surface area (Å²) in [4.78, 5) is 40.6. The number of thioether (sulfide) groups is 1. The predicted octanol–water partition coefficient (Wildman–Crippen LogP) is 7.78. The molecule has 2 heterocycles. The SMILES string of the molecule is COC(=O)c1ccc(C2/C(=C(\O)c3ccc(OCc4cccc(C)c4)cc3)C(=O)C(=O)N2c2nnc(SCc3ccc(Cl)cc3)s2)cc1. The first-order chi connectivity index (χ1) is 23.2. The van der Waals surface area contributed by atoms with E-state index >= 15 is 0 Å². The molecule has 0 saturated carbocycles. The topological polar surface area (TPSA) is 119 Å². The minimum Gasteiger partial charge on any atom is -0.507 e. The number of rotatable bonds is 10. The quantitative estimate of drug-likeness (QED) is 0.0390. The minimum absolute atomic E-state index is 0.121. The van der Waals surface area contributed by atoms with Crippen LogP contribution >= 0.6 is 34.7 Å². The highest BCUT2D eigenvalue weighted by molar-refractivity contribution is 8.00. The van der Waals surface area contributed by atoms with Gasteiger partial charge in [-0.2, -0.15) is 0 Å². The molecule has 0 bridgehead atoms. The Hall–Kier alpha value is -4.97. The van der Waals surface area contributed by atoms with Crippen LogP contribution in [0.1, 0.15) is 44.2 Å². The van der Waals surface area contributed by atoms with Gasteiger partial charge in [0.05, 0.1) is 24.3 Å². The Morgan fingerprint density at radius 1 is 0.938 bits per heavy atom. The van der Waals surface area contributed by atoms with Gasteiger partial charge in [-0.15, -0.1) is 10.2 Å². The number of hydrogen-bond acceptors (Lipinski definition) is 10. The Labute approximate surface area is 289 Å². The number of benzene rings is 4. The molecule has 1 atom stereocenters. The Bertz CT molecular complexity index is 2010. The number of hydrogen-bond donors (Lipinski definition) is 1. The van der Waals surface area contributed by atoms with Gasteiger partial charge < -0.3 is 14.6 Å². The van der Waals surface area contributed by atoms with E-state index in [0.717, 1.165) is 28.0 Å². The van der Waals surface area contributed by atoms with Crippen LogP contribution < -0.4 is 9.64 Å². The molecule has 6 rings (SSSR count). The van der Waals surface area contributed by atoms with Gasteiger partial charge >= 0.3 is 11.9 Å². The smallest absolute Gasteiger partial charge is 0.337 e. The van der Waals surface area contributed by atoms with E-state index in [4.69, 9.17) is 21.1 Å². The zero-order valence-corrected chi connectivity index (χ0v) is 28.1. The molecule has 242 valence electrons. The molecule has 1 fully saturated rings. The summed E-state index contributed by atoms with van der Waals surface area (Å²) < 4.78 is 11.3. The molecule has 12 heteroatoms. The number of aryl methyl sites for hydroxylation is 1. The molecule has 4 aromatic carbocycles. The van der Waals surface area contributed by atoms with E-state index in [0.29, 0.717) is 38.6 Å². The standard InChI is InChI=1S/C36H28ClN3O6S2/c1-21-4-3-5-23(18-21)19-46-28-16-12-25(13-17-28)31(41)29-30(24-8-10-26(11-9-24)34(44)45-2)40(33(43)32(29)42)35-38-39-36(48-35)47-20-22-6-14-27(37)15-7-22/h3-18,30,41H,19-20H2,1-2H3/b31-29+. The van der Waals surface area contributed by atoms with Crippen LogP contribution in [0.3, 0.4) is 0 Å². The maximum Gasteiger partial charge on any atom is 0.337 e. The van der Waals surface area contributed by atoms with Gasteiger partial charge in [0.25, 0.3) is 5.78 Å². The van der Waals surface area contributed by atoms with Gasteiger partial charge in [0.1, 0.15) is 18.1 Å². The molecule has 1 N–H and O–H groups in total. The lowest BCUT2D eigenvalue weighted by Gasteiger charge is -2.22. The van der Waals surface area contributed by atoms with Gasteiger partial charge in [-0.05, 0) is 72.1 Å². The van der Waals surface area contributed by atoms with Crippen LogP contribution in [0.15, 0.2) is 107 Å². The predicted molar refractivity (Wildman–Crippen MR) is 185 cm³/mol. The van der Waals surface area contributed by atoms with E-state index in [1.54, 1.807) is 48.5 Å². The largest absolute Gasteiger partial charge is 0.507 e. The lowest BCUT2D eigenvalue weighted by atomic mass is 9.94. The van der Waals surface area contributed by atoms with Gasteiger partial charge in [-0.3, -0.25) is 14.5 Å². The number of esters is 1. The van der Waals surface area contributed by atoms with Crippen LogP contribution in [0.25, 0.3) is 5.76 Å². The molecular weight excluding hydrogens is 670 g/mol. The third-order valence-electron chi connectivity index (χ3n) is 7.59. The molecule has 0 spiro atoms. The van der Waals surface area contributed by atoms with Crippen molar-refractivity contribution in [3.63, 3.8) is 0 Å². The number of halogens is 1. The number of carbonyl (C=O) groups excluding carboxylic acids is 3. The summed E-state index contributed by atoms with van der Waals surface area (Å²) in [6.45, 7) is 2.37. The van der Waals surface area contributed by atoms with Crippen molar-refractivity contribution in [3.8, 4) is 5.75 Å². The summed E-state index contributed by atoms with van der Waals surface area (Å²) in [7, 11) is 1.28. The van der Waals surface area contributed by atoms with Crippen LogP contribution in [-0.2, 0) is 26.7 Å². The number of carbonyl (C=O) groups is 3. The second-order valence-electron chi connectivity index (χ2n) is 10.9. The van der Waals surface area contributed by atoms with Crippen molar-refractivity contribution >= 4 is 63.3 Å². The molecule has 1 unspecified atom stereocenters. The molecule has 0 aliphatic carbocycles. The highest BCUT2D eigenvalue weighted by atomic mass is 35.5. The Kier molecular flexibility index (Phi) is 9.90. The first-order valence-electron chi connectivity index (χ1n) is 14.7. The number of aliphatic hydroxyl groups excluding tert-OH is 1. The van der Waals surface area contributed by atoms with Gasteiger partial charge in [0.15, 0.2) is 4.34 Å². The van der Waals surface area contributed by atoms with Gasteiger partial charge in [0.2, 0.25) is 5.13 Å². The average Bonchev–Trinajstić information content (AvgIpc) is 3.68. The molecule has 1 aromatic heterocycles.